The van der Waals surface area contributed by atoms with E-state index in [9.17, 15) is 31.7 Å². The maximum atomic E-state index is 13.3. The largest absolute Gasteiger partial charge is 0.405 e. The van der Waals surface area contributed by atoms with Gasteiger partial charge in [-0.05, 0) is 24.6 Å². The SMILES string of the molecule is Cc1ccc([N+](=O)[O-])cc1S(=O)(=O)N[C@@H](Cc1ccccn1)C(F)(F)F. The van der Waals surface area contributed by atoms with Gasteiger partial charge in [0.1, 0.15) is 6.04 Å². The van der Waals surface area contributed by atoms with Gasteiger partial charge >= 0.3 is 6.18 Å². The Kier molecular flexibility index (Phi) is 5.62. The summed E-state index contributed by atoms with van der Waals surface area (Å²) in [5.41, 5.74) is -0.403. The molecule has 0 unspecified atom stereocenters. The van der Waals surface area contributed by atoms with Crippen LogP contribution in [0.4, 0.5) is 18.9 Å². The molecule has 11 heteroatoms. The van der Waals surface area contributed by atoms with E-state index in [4.69, 9.17) is 0 Å². The van der Waals surface area contributed by atoms with E-state index in [1.54, 1.807) is 4.72 Å². The first-order valence-corrected chi connectivity index (χ1v) is 8.73. The molecule has 0 saturated heterocycles. The maximum Gasteiger partial charge on any atom is 0.405 e. The molecular weight excluding hydrogens is 375 g/mol. The van der Waals surface area contributed by atoms with Gasteiger partial charge in [-0.2, -0.15) is 17.9 Å². The summed E-state index contributed by atoms with van der Waals surface area (Å²) in [6.45, 7) is 1.33. The fraction of sp³-hybridized carbons (Fsp3) is 0.267. The lowest BCUT2D eigenvalue weighted by atomic mass is 10.1. The van der Waals surface area contributed by atoms with Crippen LogP contribution in [0.2, 0.25) is 0 Å². The monoisotopic (exact) mass is 389 g/mol. The van der Waals surface area contributed by atoms with Gasteiger partial charge in [0.15, 0.2) is 0 Å². The lowest BCUT2D eigenvalue weighted by Gasteiger charge is -2.21. The Bertz CT molecular complexity index is 902. The summed E-state index contributed by atoms with van der Waals surface area (Å²) in [4.78, 5) is 13.2. The molecule has 0 radical (unpaired) electrons. The highest BCUT2D eigenvalue weighted by Crippen LogP contribution is 2.27. The molecule has 0 fully saturated rings. The van der Waals surface area contributed by atoms with Crippen molar-refractivity contribution in [3.63, 3.8) is 0 Å². The molecule has 140 valence electrons. The lowest BCUT2D eigenvalue weighted by molar-refractivity contribution is -0.385. The van der Waals surface area contributed by atoms with Crippen molar-refractivity contribution in [2.24, 2.45) is 0 Å². The van der Waals surface area contributed by atoms with Gasteiger partial charge in [-0.1, -0.05) is 12.1 Å². The molecule has 0 bridgehead atoms. The first-order valence-electron chi connectivity index (χ1n) is 7.24. The van der Waals surface area contributed by atoms with E-state index in [1.165, 1.54) is 31.3 Å². The van der Waals surface area contributed by atoms with Gasteiger partial charge in [0.25, 0.3) is 5.69 Å². The molecule has 0 amide bonds. The highest BCUT2D eigenvalue weighted by Gasteiger charge is 2.43. The topological polar surface area (TPSA) is 102 Å². The number of aryl methyl sites for hydroxylation is 1. The maximum absolute atomic E-state index is 13.3. The Labute approximate surface area is 147 Å². The molecule has 0 aliphatic rings. The zero-order valence-electron chi connectivity index (χ0n) is 13.4. The summed E-state index contributed by atoms with van der Waals surface area (Å²) in [7, 11) is -4.65. The zero-order chi connectivity index (χ0) is 19.5. The summed E-state index contributed by atoms with van der Waals surface area (Å²) in [5.74, 6) is 0. The number of sulfonamides is 1. The van der Waals surface area contributed by atoms with Crippen molar-refractivity contribution in [2.75, 3.05) is 0 Å². The number of rotatable bonds is 6. The van der Waals surface area contributed by atoms with Crippen molar-refractivity contribution in [3.05, 3.63) is 64.0 Å². The molecule has 0 aliphatic carbocycles. The van der Waals surface area contributed by atoms with Crippen LogP contribution in [-0.2, 0) is 16.4 Å². The number of nitrogens with one attached hydrogen (secondary N) is 1. The highest BCUT2D eigenvalue weighted by molar-refractivity contribution is 7.89. The number of nitrogens with zero attached hydrogens (tertiary/aromatic N) is 2. The smallest absolute Gasteiger partial charge is 0.261 e. The number of nitro benzene ring substituents is 1. The van der Waals surface area contributed by atoms with Crippen LogP contribution in [-0.4, -0.2) is 30.5 Å². The van der Waals surface area contributed by atoms with E-state index in [2.05, 4.69) is 4.98 Å². The lowest BCUT2D eigenvalue weighted by Crippen LogP contribution is -2.47. The zero-order valence-corrected chi connectivity index (χ0v) is 14.2. The second kappa shape index (κ2) is 7.38. The van der Waals surface area contributed by atoms with Crippen LogP contribution in [0.25, 0.3) is 0 Å². The minimum absolute atomic E-state index is 0.0493. The second-order valence-corrected chi connectivity index (χ2v) is 7.13. The van der Waals surface area contributed by atoms with Gasteiger partial charge in [-0.25, -0.2) is 8.42 Å². The quantitative estimate of drug-likeness (QED) is 0.605. The minimum atomic E-state index is -4.88. The van der Waals surface area contributed by atoms with Gasteiger partial charge < -0.3 is 0 Å². The van der Waals surface area contributed by atoms with Crippen LogP contribution in [0.5, 0.6) is 0 Å². The Morgan fingerprint density at radius 3 is 2.50 bits per heavy atom. The fourth-order valence-corrected chi connectivity index (χ4v) is 3.68. The van der Waals surface area contributed by atoms with E-state index in [-0.39, 0.29) is 11.3 Å². The molecule has 1 heterocycles. The number of alkyl halides is 3. The normalized spacial score (nSPS) is 13.4. The van der Waals surface area contributed by atoms with Gasteiger partial charge in [0.2, 0.25) is 10.0 Å². The molecule has 0 aliphatic heterocycles. The predicted molar refractivity (Wildman–Crippen MR) is 85.9 cm³/mol. The van der Waals surface area contributed by atoms with E-state index in [0.29, 0.717) is 0 Å². The molecule has 26 heavy (non-hydrogen) atoms. The van der Waals surface area contributed by atoms with Gasteiger partial charge in [0, 0.05) is 30.4 Å². The number of pyridine rings is 1. The predicted octanol–water partition coefficient (Wildman–Crippen LogP) is 2.75. The number of aromatic nitrogens is 1. The summed E-state index contributed by atoms with van der Waals surface area (Å²) in [5, 5.41) is 10.8. The van der Waals surface area contributed by atoms with E-state index in [1.807, 2.05) is 0 Å². The molecule has 0 saturated carbocycles. The van der Waals surface area contributed by atoms with Crippen molar-refractivity contribution in [1.82, 2.24) is 9.71 Å². The summed E-state index contributed by atoms with van der Waals surface area (Å²) in [6, 6.07) is 4.87. The number of halogens is 3. The van der Waals surface area contributed by atoms with Crippen LogP contribution in [0.15, 0.2) is 47.5 Å². The molecule has 2 rings (SSSR count). The molecule has 2 aromatic rings. The molecule has 0 spiro atoms. The molecular formula is C15H14F3N3O4S. The molecule has 1 aromatic carbocycles. The van der Waals surface area contributed by atoms with Crippen LogP contribution in [0, 0.1) is 17.0 Å². The Balaban J connectivity index is 2.38. The van der Waals surface area contributed by atoms with E-state index < -0.39 is 44.2 Å². The Morgan fingerprint density at radius 1 is 1.27 bits per heavy atom. The highest BCUT2D eigenvalue weighted by atomic mass is 32.2. The molecule has 1 aromatic heterocycles. The van der Waals surface area contributed by atoms with Crippen LogP contribution < -0.4 is 4.72 Å². The average molecular weight is 389 g/mol. The van der Waals surface area contributed by atoms with Gasteiger partial charge in [-0.3, -0.25) is 15.1 Å². The number of hydrogen-bond acceptors (Lipinski definition) is 5. The van der Waals surface area contributed by atoms with Gasteiger partial charge in [0.05, 0.1) is 9.82 Å². The first-order chi connectivity index (χ1) is 12.0. The van der Waals surface area contributed by atoms with Crippen LogP contribution >= 0.6 is 0 Å². The van der Waals surface area contributed by atoms with Crippen molar-refractivity contribution < 1.29 is 26.5 Å². The number of hydrogen-bond donors (Lipinski definition) is 1. The Morgan fingerprint density at radius 2 is 1.96 bits per heavy atom. The first kappa shape index (κ1) is 19.8. The molecule has 1 atom stereocenters. The third kappa shape index (κ3) is 4.76. The number of benzene rings is 1. The van der Waals surface area contributed by atoms with Crippen molar-refractivity contribution in [2.45, 2.75) is 30.5 Å². The summed E-state index contributed by atoms with van der Waals surface area (Å²) < 4.78 is 66.3. The van der Waals surface area contributed by atoms with E-state index in [0.717, 1.165) is 18.2 Å². The number of nitro groups is 1. The standard InChI is InChI=1S/C15H14F3N3O4S/c1-10-5-6-12(21(22)23)9-13(10)26(24,25)20-14(15(16,17)18)8-11-4-2-3-7-19-11/h2-7,9,14,20H,8H2,1H3/t14-/m0/s1. The fourth-order valence-electron chi connectivity index (χ4n) is 2.19. The van der Waals surface area contributed by atoms with Crippen molar-refractivity contribution >= 4 is 15.7 Å². The van der Waals surface area contributed by atoms with Crippen molar-refractivity contribution in [3.8, 4) is 0 Å². The Hall–Kier alpha value is -2.53. The molecule has 1 N–H and O–H groups in total. The van der Waals surface area contributed by atoms with E-state index >= 15 is 0 Å². The third-order valence-electron chi connectivity index (χ3n) is 3.50. The summed E-state index contributed by atoms with van der Waals surface area (Å²) >= 11 is 0. The number of non-ortho nitro benzene ring substituents is 1. The van der Waals surface area contributed by atoms with Crippen molar-refractivity contribution in [1.29, 1.82) is 0 Å². The van der Waals surface area contributed by atoms with Crippen LogP contribution in [0.3, 0.4) is 0 Å². The van der Waals surface area contributed by atoms with Gasteiger partial charge in [-0.15, -0.1) is 0 Å². The summed E-state index contributed by atoms with van der Waals surface area (Å²) in [6.07, 6.45) is -4.29. The second-order valence-electron chi connectivity index (χ2n) is 5.45. The average Bonchev–Trinajstić information content (AvgIpc) is 2.54. The minimum Gasteiger partial charge on any atom is -0.261 e. The van der Waals surface area contributed by atoms with Crippen LogP contribution in [0.1, 0.15) is 11.3 Å². The molecule has 7 nitrogen and oxygen atoms in total. The third-order valence-corrected chi connectivity index (χ3v) is 5.12.